The number of unbranched alkanes of at least 4 members (excludes halogenated alkanes) is 2. The summed E-state index contributed by atoms with van der Waals surface area (Å²) in [6.45, 7) is 5.98. The summed E-state index contributed by atoms with van der Waals surface area (Å²) in [6.07, 6.45) is -1.48. The fourth-order valence-electron chi connectivity index (χ4n) is 6.25. The van der Waals surface area contributed by atoms with Gasteiger partial charge in [-0.3, -0.25) is 9.79 Å². The summed E-state index contributed by atoms with van der Waals surface area (Å²) in [5, 5.41) is 3.95. The Bertz CT molecular complexity index is 1160. The molecule has 0 aromatic heterocycles. The van der Waals surface area contributed by atoms with Crippen LogP contribution in [0.15, 0.2) is 29.3 Å². The zero-order valence-electron chi connectivity index (χ0n) is 22.2. The Balaban J connectivity index is 1.48. The van der Waals surface area contributed by atoms with Crippen LogP contribution in [0.1, 0.15) is 84.1 Å². The molecular formula is C27H37ClF3N3O3S. The summed E-state index contributed by atoms with van der Waals surface area (Å²) in [4.78, 5) is 17.5. The number of sulfonamides is 1. The second kappa shape index (κ2) is 10.4. The minimum absolute atomic E-state index is 0.101. The minimum atomic E-state index is -4.28. The molecule has 5 rings (SSSR count). The molecular weight excluding hydrogens is 539 g/mol. The van der Waals surface area contributed by atoms with Crippen molar-refractivity contribution in [2.24, 2.45) is 10.4 Å². The van der Waals surface area contributed by atoms with E-state index in [-0.39, 0.29) is 36.3 Å². The number of carbonyl (C=O) groups excluding carboxylic acids is 1. The van der Waals surface area contributed by atoms with Crippen LogP contribution >= 0.6 is 11.6 Å². The molecule has 11 heteroatoms. The van der Waals surface area contributed by atoms with E-state index in [1.807, 2.05) is 32.9 Å². The van der Waals surface area contributed by atoms with Gasteiger partial charge in [0.1, 0.15) is 11.9 Å². The SMILES string of the molecule is CCCCCS(=O)(=O)N(Cc1ccc(Cl)cc1)C12CC(C3=N[C@@H](C(=O)CCCC(F)(F)F)C(C)(C)N3)(C1)C2. The van der Waals surface area contributed by atoms with Gasteiger partial charge < -0.3 is 5.32 Å². The zero-order valence-corrected chi connectivity index (χ0v) is 23.8. The third-order valence-corrected chi connectivity index (χ3v) is 10.4. The average Bonchev–Trinajstić information content (AvgIpc) is 3.06. The van der Waals surface area contributed by atoms with Gasteiger partial charge in [0.05, 0.1) is 11.3 Å². The number of carbonyl (C=O) groups is 1. The van der Waals surface area contributed by atoms with E-state index in [0.29, 0.717) is 36.5 Å². The first-order valence-corrected chi connectivity index (χ1v) is 15.3. The number of Topliss-reactive ketones (excluding diaryl/α,β-unsaturated/α-hetero) is 1. The van der Waals surface area contributed by atoms with Crippen LogP contribution in [-0.2, 0) is 21.4 Å². The van der Waals surface area contributed by atoms with E-state index >= 15 is 0 Å². The molecule has 0 unspecified atom stereocenters. The average molecular weight is 576 g/mol. The molecule has 3 saturated carbocycles. The summed E-state index contributed by atoms with van der Waals surface area (Å²) in [6, 6.07) is 6.45. The highest BCUT2D eigenvalue weighted by Crippen LogP contribution is 2.71. The summed E-state index contributed by atoms with van der Waals surface area (Å²) in [7, 11) is -3.51. The highest BCUT2D eigenvalue weighted by Gasteiger charge is 2.75. The number of hydrogen-bond acceptors (Lipinski definition) is 5. The molecule has 3 fully saturated rings. The van der Waals surface area contributed by atoms with Crippen molar-refractivity contribution >= 4 is 33.2 Å². The van der Waals surface area contributed by atoms with E-state index in [1.165, 1.54) is 0 Å². The van der Waals surface area contributed by atoms with Crippen molar-refractivity contribution in [1.82, 2.24) is 9.62 Å². The lowest BCUT2D eigenvalue weighted by atomic mass is 9.38. The molecule has 1 aromatic carbocycles. The van der Waals surface area contributed by atoms with Crippen LogP contribution in [0.3, 0.4) is 0 Å². The Hall–Kier alpha value is -1.65. The normalized spacial score (nSPS) is 27.9. The van der Waals surface area contributed by atoms with Crippen LogP contribution in [0.4, 0.5) is 13.2 Å². The van der Waals surface area contributed by atoms with E-state index in [1.54, 1.807) is 16.4 Å². The van der Waals surface area contributed by atoms with Gasteiger partial charge >= 0.3 is 6.18 Å². The first kappa shape index (κ1) is 29.3. The first-order valence-electron chi connectivity index (χ1n) is 13.3. The topological polar surface area (TPSA) is 78.8 Å². The maximum absolute atomic E-state index is 13.5. The van der Waals surface area contributed by atoms with Crippen LogP contribution in [0.25, 0.3) is 0 Å². The van der Waals surface area contributed by atoms with Crippen molar-refractivity contribution in [3.05, 3.63) is 34.9 Å². The summed E-state index contributed by atoms with van der Waals surface area (Å²) in [5.41, 5.74) is -0.652. The fraction of sp³-hybridized carbons (Fsp3) is 0.704. The first-order chi connectivity index (χ1) is 17.6. The number of halogens is 4. The van der Waals surface area contributed by atoms with Crippen molar-refractivity contribution in [2.45, 2.75) is 108 Å². The molecule has 0 spiro atoms. The molecule has 0 amide bonds. The van der Waals surface area contributed by atoms with Crippen molar-refractivity contribution in [3.8, 4) is 0 Å². The van der Waals surface area contributed by atoms with Crippen LogP contribution in [0.2, 0.25) is 5.02 Å². The summed E-state index contributed by atoms with van der Waals surface area (Å²) >= 11 is 6.03. The van der Waals surface area contributed by atoms with Crippen molar-refractivity contribution in [1.29, 1.82) is 0 Å². The van der Waals surface area contributed by atoms with Gasteiger partial charge in [-0.05, 0) is 63.6 Å². The monoisotopic (exact) mass is 575 g/mol. The van der Waals surface area contributed by atoms with Gasteiger partial charge in [-0.1, -0.05) is 43.5 Å². The number of nitrogens with one attached hydrogen (secondary N) is 1. The Kier molecular flexibility index (Phi) is 8.02. The fourth-order valence-corrected chi connectivity index (χ4v) is 8.30. The number of ketones is 1. The standard InChI is InChI=1S/C27H37ClF3N3O3S/c1-4-5-6-14-38(36,37)34(15-19-9-11-20(28)12-10-19)26-16-25(17-26,18-26)23-32-22(24(2,3)33-23)21(35)8-7-13-27(29,30)31/h9-12,22H,4-8,13-18H2,1-3H3,(H,32,33)/t22-,25?,26?/m0/s1. The molecule has 212 valence electrons. The highest BCUT2D eigenvalue weighted by molar-refractivity contribution is 7.89. The van der Waals surface area contributed by atoms with Crippen LogP contribution < -0.4 is 5.32 Å². The van der Waals surface area contributed by atoms with Crippen LogP contribution in [0, 0.1) is 5.41 Å². The lowest BCUT2D eigenvalue weighted by molar-refractivity contribution is -0.151. The summed E-state index contributed by atoms with van der Waals surface area (Å²) in [5.74, 6) is 0.489. The van der Waals surface area contributed by atoms with Crippen molar-refractivity contribution in [2.75, 3.05) is 5.75 Å². The number of amidine groups is 1. The van der Waals surface area contributed by atoms with E-state index in [4.69, 9.17) is 11.6 Å². The summed E-state index contributed by atoms with van der Waals surface area (Å²) < 4.78 is 66.3. The second-order valence-electron chi connectivity index (χ2n) is 11.9. The van der Waals surface area contributed by atoms with Crippen molar-refractivity contribution in [3.63, 3.8) is 0 Å². The molecule has 0 radical (unpaired) electrons. The Morgan fingerprint density at radius 3 is 2.34 bits per heavy atom. The molecule has 1 N–H and O–H groups in total. The van der Waals surface area contributed by atoms with Gasteiger partial charge in [-0.15, -0.1) is 0 Å². The molecule has 6 nitrogen and oxygen atoms in total. The number of aliphatic imine (C=N–C) groups is 1. The van der Waals surface area contributed by atoms with Crippen LogP contribution in [0.5, 0.6) is 0 Å². The molecule has 38 heavy (non-hydrogen) atoms. The van der Waals surface area contributed by atoms with Gasteiger partial charge in [-0.25, -0.2) is 8.42 Å². The molecule has 3 aliphatic carbocycles. The number of alkyl halides is 3. The predicted molar refractivity (Wildman–Crippen MR) is 143 cm³/mol. The molecule has 2 bridgehead atoms. The number of rotatable bonds is 13. The highest BCUT2D eigenvalue weighted by atomic mass is 35.5. The lowest BCUT2D eigenvalue weighted by Crippen LogP contribution is -2.78. The zero-order chi connectivity index (χ0) is 28.0. The third-order valence-electron chi connectivity index (χ3n) is 8.19. The van der Waals surface area contributed by atoms with Gasteiger partial charge in [0, 0.05) is 35.4 Å². The predicted octanol–water partition coefficient (Wildman–Crippen LogP) is 6.04. The number of nitrogens with zero attached hydrogens (tertiary/aromatic N) is 2. The maximum atomic E-state index is 13.5. The van der Waals surface area contributed by atoms with Crippen molar-refractivity contribution < 1.29 is 26.4 Å². The van der Waals surface area contributed by atoms with Gasteiger partial charge in [0.2, 0.25) is 10.0 Å². The van der Waals surface area contributed by atoms with E-state index in [0.717, 1.165) is 18.4 Å². The van der Waals surface area contributed by atoms with Gasteiger partial charge in [-0.2, -0.15) is 17.5 Å². The molecule has 1 aromatic rings. The molecule has 1 atom stereocenters. The van der Waals surface area contributed by atoms with Crippen LogP contribution in [-0.4, -0.2) is 53.4 Å². The second-order valence-corrected chi connectivity index (χ2v) is 14.3. The van der Waals surface area contributed by atoms with E-state index < -0.39 is 39.7 Å². The number of hydrogen-bond donors (Lipinski definition) is 1. The van der Waals surface area contributed by atoms with Gasteiger partial charge in [0.15, 0.2) is 5.78 Å². The lowest BCUT2D eigenvalue weighted by Gasteiger charge is -2.73. The molecule has 1 heterocycles. The van der Waals surface area contributed by atoms with Gasteiger partial charge in [0.25, 0.3) is 0 Å². The minimum Gasteiger partial charge on any atom is -0.366 e. The quantitative estimate of drug-likeness (QED) is 0.291. The Labute approximate surface area is 228 Å². The Morgan fingerprint density at radius 2 is 1.76 bits per heavy atom. The van der Waals surface area contributed by atoms with E-state index in [2.05, 4.69) is 10.3 Å². The third kappa shape index (κ3) is 5.92. The largest absolute Gasteiger partial charge is 0.389 e. The smallest absolute Gasteiger partial charge is 0.366 e. The maximum Gasteiger partial charge on any atom is 0.389 e. The number of benzene rings is 1. The molecule has 4 aliphatic rings. The van der Waals surface area contributed by atoms with E-state index in [9.17, 15) is 26.4 Å². The molecule has 0 saturated heterocycles. The molecule has 1 aliphatic heterocycles. The Morgan fingerprint density at radius 1 is 1.13 bits per heavy atom.